The van der Waals surface area contributed by atoms with Crippen LogP contribution in [0.15, 0.2) is 65.7 Å². The molecule has 0 saturated heterocycles. The molecule has 166 valence electrons. The molecule has 0 fully saturated rings. The molecule has 33 heavy (non-hydrogen) atoms. The van der Waals surface area contributed by atoms with Crippen LogP contribution in [-0.4, -0.2) is 42.1 Å². The first kappa shape index (κ1) is 20.9. The van der Waals surface area contributed by atoms with Crippen LogP contribution < -0.4 is 0 Å². The minimum absolute atomic E-state index is 0. The Kier molecular flexibility index (Phi) is 4.98. The molecule has 0 atom stereocenters. The zero-order valence-electron chi connectivity index (χ0n) is 17.5. The fourth-order valence-electron chi connectivity index (χ4n) is 4.11. The number of fused-ring (bicyclic) bond motifs is 4. The lowest BCUT2D eigenvalue weighted by molar-refractivity contribution is 0.0787. The monoisotopic (exact) mass is 464 g/mol. The number of halogens is 2. The maximum Gasteiger partial charge on any atom is 0.256 e. The first-order valence-electron chi connectivity index (χ1n) is 10.1. The standard InChI is InChI=1S/C23H17FN6O2.ClH/c1-28-11-19-21(25-13-30(19)18-7-6-16(24)8-17(18)23(28)31)22-26-20(32-27-22)12-29-9-14-4-2-3-5-15(14)10-29;/h2-10,13H,11-12H2,1H3;1H. The van der Waals surface area contributed by atoms with Gasteiger partial charge in [0, 0.05) is 19.4 Å². The van der Waals surface area contributed by atoms with Crippen molar-refractivity contribution < 1.29 is 13.7 Å². The number of imidazole rings is 1. The van der Waals surface area contributed by atoms with Gasteiger partial charge >= 0.3 is 0 Å². The molecule has 0 bridgehead atoms. The number of nitrogens with zero attached hydrogens (tertiary/aromatic N) is 6. The lowest BCUT2D eigenvalue weighted by Gasteiger charge is -2.14. The topological polar surface area (TPSA) is 82.0 Å². The summed E-state index contributed by atoms with van der Waals surface area (Å²) >= 11 is 0. The normalized spacial score (nSPS) is 12.9. The van der Waals surface area contributed by atoms with Crippen LogP contribution in [0, 0.1) is 5.82 Å². The highest BCUT2D eigenvalue weighted by Gasteiger charge is 2.28. The summed E-state index contributed by atoms with van der Waals surface area (Å²) in [6.45, 7) is 0.704. The number of rotatable bonds is 3. The van der Waals surface area contributed by atoms with E-state index in [0.29, 0.717) is 29.6 Å². The number of aromatic nitrogens is 5. The number of benzene rings is 2. The van der Waals surface area contributed by atoms with Crippen molar-refractivity contribution in [3.8, 4) is 17.2 Å². The molecule has 10 heteroatoms. The van der Waals surface area contributed by atoms with Crippen molar-refractivity contribution in [1.82, 2.24) is 29.2 Å². The average Bonchev–Trinajstić information content (AvgIpc) is 3.50. The predicted molar refractivity (Wildman–Crippen MR) is 121 cm³/mol. The van der Waals surface area contributed by atoms with Gasteiger partial charge in [-0.1, -0.05) is 29.4 Å². The summed E-state index contributed by atoms with van der Waals surface area (Å²) in [5, 5.41) is 6.39. The Labute approximate surface area is 193 Å². The van der Waals surface area contributed by atoms with Crippen molar-refractivity contribution >= 4 is 29.1 Å². The summed E-state index contributed by atoms with van der Waals surface area (Å²) in [7, 11) is 1.67. The van der Waals surface area contributed by atoms with E-state index in [9.17, 15) is 9.18 Å². The van der Waals surface area contributed by atoms with Crippen molar-refractivity contribution in [2.24, 2.45) is 0 Å². The number of amides is 1. The molecule has 2 aromatic carbocycles. The number of carbonyl (C=O) groups excluding carboxylic acids is 1. The van der Waals surface area contributed by atoms with E-state index in [2.05, 4.69) is 15.1 Å². The molecule has 3 aromatic heterocycles. The Hall–Kier alpha value is -3.98. The maximum absolute atomic E-state index is 13.8. The SMILES string of the molecule is CN1Cc2c(-c3noc(Cn4cc5ccccc5c4)n3)ncn2-c2ccc(F)cc2C1=O.Cl. The second kappa shape index (κ2) is 7.86. The van der Waals surface area contributed by atoms with Gasteiger partial charge in [-0.2, -0.15) is 4.98 Å². The minimum Gasteiger partial charge on any atom is -0.344 e. The molecule has 0 saturated carbocycles. The van der Waals surface area contributed by atoms with E-state index >= 15 is 0 Å². The van der Waals surface area contributed by atoms with Gasteiger partial charge in [0.1, 0.15) is 24.4 Å². The number of hydrogen-bond acceptors (Lipinski definition) is 5. The summed E-state index contributed by atoms with van der Waals surface area (Å²) in [4.78, 5) is 23.3. The molecule has 0 spiro atoms. The second-order valence-corrected chi connectivity index (χ2v) is 7.80. The van der Waals surface area contributed by atoms with Crippen molar-refractivity contribution in [3.63, 3.8) is 0 Å². The Morgan fingerprint density at radius 3 is 2.64 bits per heavy atom. The van der Waals surface area contributed by atoms with Gasteiger partial charge < -0.3 is 14.0 Å². The molecule has 0 N–H and O–H groups in total. The van der Waals surface area contributed by atoms with Gasteiger partial charge in [0.2, 0.25) is 11.7 Å². The molecule has 1 aliphatic heterocycles. The Bertz CT molecular complexity index is 1470. The number of hydrogen-bond donors (Lipinski definition) is 0. The quantitative estimate of drug-likeness (QED) is 0.402. The van der Waals surface area contributed by atoms with E-state index in [1.165, 1.54) is 17.0 Å². The summed E-state index contributed by atoms with van der Waals surface area (Å²) < 4.78 is 23.0. The van der Waals surface area contributed by atoms with Crippen LogP contribution in [0.2, 0.25) is 0 Å². The van der Waals surface area contributed by atoms with Crippen LogP contribution in [0.4, 0.5) is 4.39 Å². The maximum atomic E-state index is 13.8. The van der Waals surface area contributed by atoms with Crippen molar-refractivity contribution in [1.29, 1.82) is 0 Å². The smallest absolute Gasteiger partial charge is 0.256 e. The first-order chi connectivity index (χ1) is 15.6. The molecule has 1 amide bonds. The van der Waals surface area contributed by atoms with Gasteiger partial charge in [-0.25, -0.2) is 9.37 Å². The van der Waals surface area contributed by atoms with Crippen LogP contribution in [0.1, 0.15) is 21.9 Å². The Morgan fingerprint density at radius 2 is 1.88 bits per heavy atom. The second-order valence-electron chi connectivity index (χ2n) is 7.80. The van der Waals surface area contributed by atoms with Crippen LogP contribution in [-0.2, 0) is 13.1 Å². The lowest BCUT2D eigenvalue weighted by atomic mass is 10.1. The summed E-state index contributed by atoms with van der Waals surface area (Å²) in [5.74, 6) is 0.0665. The van der Waals surface area contributed by atoms with Crippen LogP contribution in [0.3, 0.4) is 0 Å². The molecule has 1 aliphatic rings. The van der Waals surface area contributed by atoms with Crippen molar-refractivity contribution in [2.75, 3.05) is 7.05 Å². The highest BCUT2D eigenvalue weighted by atomic mass is 35.5. The Balaban J connectivity index is 0.00000228. The van der Waals surface area contributed by atoms with E-state index in [-0.39, 0.29) is 30.4 Å². The molecule has 0 aliphatic carbocycles. The molecule has 6 rings (SSSR count). The molecule has 5 aromatic rings. The third-order valence-electron chi connectivity index (χ3n) is 5.65. The zero-order chi connectivity index (χ0) is 21.8. The molecule has 0 unspecified atom stereocenters. The van der Waals surface area contributed by atoms with E-state index in [1.807, 2.05) is 41.2 Å². The van der Waals surface area contributed by atoms with Crippen LogP contribution in [0.25, 0.3) is 28.0 Å². The molecular weight excluding hydrogens is 447 g/mol. The molecule has 4 heterocycles. The van der Waals surface area contributed by atoms with Crippen molar-refractivity contribution in [2.45, 2.75) is 13.1 Å². The Morgan fingerprint density at radius 1 is 1.12 bits per heavy atom. The van der Waals surface area contributed by atoms with E-state index < -0.39 is 5.82 Å². The van der Waals surface area contributed by atoms with Gasteiger partial charge in [0.15, 0.2) is 0 Å². The van der Waals surface area contributed by atoms with E-state index in [1.54, 1.807) is 24.0 Å². The average molecular weight is 465 g/mol. The highest BCUT2D eigenvalue weighted by molar-refractivity contribution is 5.98. The lowest BCUT2D eigenvalue weighted by Crippen LogP contribution is -2.25. The van der Waals surface area contributed by atoms with E-state index in [4.69, 9.17) is 4.52 Å². The summed E-state index contributed by atoms with van der Waals surface area (Å²) in [6, 6.07) is 12.2. The largest absolute Gasteiger partial charge is 0.344 e. The van der Waals surface area contributed by atoms with Crippen molar-refractivity contribution in [3.05, 3.63) is 84.2 Å². The first-order valence-corrected chi connectivity index (χ1v) is 10.1. The third kappa shape index (κ3) is 3.46. The zero-order valence-corrected chi connectivity index (χ0v) is 18.3. The summed E-state index contributed by atoms with van der Waals surface area (Å²) in [6.07, 6.45) is 5.65. The van der Waals surface area contributed by atoms with E-state index in [0.717, 1.165) is 16.5 Å². The highest BCUT2D eigenvalue weighted by Crippen LogP contribution is 2.30. The molecule has 0 radical (unpaired) electrons. The number of carbonyl (C=O) groups is 1. The van der Waals surface area contributed by atoms with Gasteiger partial charge in [-0.05, 0) is 29.0 Å². The third-order valence-corrected chi connectivity index (χ3v) is 5.65. The summed E-state index contributed by atoms with van der Waals surface area (Å²) in [5.41, 5.74) is 2.10. The van der Waals surface area contributed by atoms with Gasteiger partial charge in [-0.15, -0.1) is 12.4 Å². The van der Waals surface area contributed by atoms with Gasteiger partial charge in [-0.3, -0.25) is 9.36 Å². The molecule has 8 nitrogen and oxygen atoms in total. The van der Waals surface area contributed by atoms with Crippen LogP contribution in [0.5, 0.6) is 0 Å². The predicted octanol–water partition coefficient (Wildman–Crippen LogP) is 4.07. The fraction of sp³-hybridized carbons (Fsp3) is 0.130. The van der Waals surface area contributed by atoms with Crippen LogP contribution >= 0.6 is 12.4 Å². The molecular formula is C23H18ClFN6O2. The fourth-order valence-corrected chi connectivity index (χ4v) is 4.11. The van der Waals surface area contributed by atoms with Gasteiger partial charge in [0.25, 0.3) is 5.91 Å². The van der Waals surface area contributed by atoms with Gasteiger partial charge in [0.05, 0.1) is 23.5 Å². The minimum atomic E-state index is -0.463.